The lowest BCUT2D eigenvalue weighted by atomic mass is 10.3. The van der Waals surface area contributed by atoms with Gasteiger partial charge in [-0.2, -0.15) is 9.37 Å². The Morgan fingerprint density at radius 2 is 2.25 bits per heavy atom. The molecule has 2 rings (SSSR count). The minimum Gasteiger partial charge on any atom is -0.424 e. The van der Waals surface area contributed by atoms with Gasteiger partial charge in [-0.1, -0.05) is 6.07 Å². The van der Waals surface area contributed by atoms with Crippen LogP contribution in [-0.2, 0) is 0 Å². The summed E-state index contributed by atoms with van der Waals surface area (Å²) < 4.78 is 13.8. The lowest BCUT2D eigenvalue weighted by Gasteiger charge is -1.92. The van der Waals surface area contributed by atoms with Crippen molar-refractivity contribution in [2.24, 2.45) is 0 Å². The number of benzene rings is 1. The van der Waals surface area contributed by atoms with Gasteiger partial charge in [0.2, 0.25) is 0 Å². The second-order valence-electron chi connectivity index (χ2n) is 2.30. The van der Waals surface area contributed by atoms with E-state index in [9.17, 15) is 4.39 Å². The predicted octanol–water partition coefficient (Wildman–Crippen LogP) is 2.18. The Labute approximate surface area is 75.5 Å². The van der Waals surface area contributed by atoms with Gasteiger partial charge < -0.3 is 5.21 Å². The first-order chi connectivity index (χ1) is 5.70. The quantitative estimate of drug-likeness (QED) is 0.705. The average molecular weight is 231 g/mol. The SMILES string of the molecule is On1c(F)nc2c(Br)cccc21. The van der Waals surface area contributed by atoms with Gasteiger partial charge in [0.15, 0.2) is 0 Å². The van der Waals surface area contributed by atoms with Gasteiger partial charge in [0, 0.05) is 4.47 Å². The highest BCUT2D eigenvalue weighted by Crippen LogP contribution is 2.22. The minimum atomic E-state index is -0.906. The van der Waals surface area contributed by atoms with Crippen LogP contribution in [0.25, 0.3) is 11.0 Å². The van der Waals surface area contributed by atoms with Gasteiger partial charge in [-0.3, -0.25) is 0 Å². The van der Waals surface area contributed by atoms with Crippen LogP contribution in [-0.4, -0.2) is 14.9 Å². The van der Waals surface area contributed by atoms with Gasteiger partial charge in [0.25, 0.3) is 0 Å². The smallest absolute Gasteiger partial charge is 0.323 e. The molecule has 0 aliphatic carbocycles. The fourth-order valence-corrected chi connectivity index (χ4v) is 1.47. The summed E-state index contributed by atoms with van der Waals surface area (Å²) in [7, 11) is 0. The molecule has 62 valence electrons. The number of aromatic nitrogens is 2. The minimum absolute atomic E-state index is 0.349. The van der Waals surface area contributed by atoms with Crippen molar-refractivity contribution >= 4 is 27.0 Å². The monoisotopic (exact) mass is 230 g/mol. The third-order valence-corrected chi connectivity index (χ3v) is 2.21. The summed E-state index contributed by atoms with van der Waals surface area (Å²) in [5.74, 6) is 0. The summed E-state index contributed by atoms with van der Waals surface area (Å²) in [6.07, 6.45) is -0.906. The zero-order valence-electron chi connectivity index (χ0n) is 5.83. The van der Waals surface area contributed by atoms with Gasteiger partial charge in [-0.05, 0) is 28.1 Å². The molecule has 5 heteroatoms. The molecule has 0 atom stereocenters. The molecule has 0 saturated carbocycles. The fourth-order valence-electron chi connectivity index (χ4n) is 1.02. The Balaban J connectivity index is 2.95. The van der Waals surface area contributed by atoms with Crippen LogP contribution in [0.15, 0.2) is 22.7 Å². The molecule has 0 bridgehead atoms. The molecule has 3 nitrogen and oxygen atoms in total. The number of fused-ring (bicyclic) bond motifs is 1. The number of nitrogens with zero attached hydrogens (tertiary/aromatic N) is 2. The molecule has 0 unspecified atom stereocenters. The molecule has 1 aromatic heterocycles. The van der Waals surface area contributed by atoms with Crippen molar-refractivity contribution < 1.29 is 9.60 Å². The van der Waals surface area contributed by atoms with Gasteiger partial charge in [0.05, 0.1) is 0 Å². The topological polar surface area (TPSA) is 38.0 Å². The van der Waals surface area contributed by atoms with E-state index in [0.29, 0.717) is 20.2 Å². The first-order valence-corrected chi connectivity index (χ1v) is 4.01. The van der Waals surface area contributed by atoms with Gasteiger partial charge in [0.1, 0.15) is 11.0 Å². The van der Waals surface area contributed by atoms with E-state index < -0.39 is 6.08 Å². The van der Waals surface area contributed by atoms with Crippen LogP contribution in [0.1, 0.15) is 0 Å². The summed E-state index contributed by atoms with van der Waals surface area (Å²) in [5.41, 5.74) is 0.763. The van der Waals surface area contributed by atoms with Gasteiger partial charge in [-0.25, -0.2) is 0 Å². The highest BCUT2D eigenvalue weighted by atomic mass is 79.9. The van der Waals surface area contributed by atoms with Crippen molar-refractivity contribution in [1.82, 2.24) is 9.71 Å². The largest absolute Gasteiger partial charge is 0.424 e. The summed E-state index contributed by atoms with van der Waals surface area (Å²) in [5, 5.41) is 9.08. The molecular weight excluding hydrogens is 227 g/mol. The number of hydrogen-bond acceptors (Lipinski definition) is 2. The number of imidazole rings is 1. The maximum Gasteiger partial charge on any atom is 0.323 e. The molecule has 0 radical (unpaired) electrons. The van der Waals surface area contributed by atoms with Crippen molar-refractivity contribution in [2.45, 2.75) is 0 Å². The molecule has 0 aliphatic rings. The Bertz CT molecular complexity index is 440. The second kappa shape index (κ2) is 2.45. The van der Waals surface area contributed by atoms with E-state index in [1.54, 1.807) is 18.2 Å². The van der Waals surface area contributed by atoms with Crippen LogP contribution >= 0.6 is 15.9 Å². The zero-order chi connectivity index (χ0) is 8.72. The van der Waals surface area contributed by atoms with Gasteiger partial charge >= 0.3 is 6.08 Å². The van der Waals surface area contributed by atoms with Crippen molar-refractivity contribution in [2.75, 3.05) is 0 Å². The molecule has 0 fully saturated rings. The van der Waals surface area contributed by atoms with E-state index >= 15 is 0 Å². The Hall–Kier alpha value is -1.10. The first-order valence-electron chi connectivity index (χ1n) is 3.22. The van der Waals surface area contributed by atoms with Crippen molar-refractivity contribution in [1.29, 1.82) is 0 Å². The van der Waals surface area contributed by atoms with Crippen molar-refractivity contribution in [3.05, 3.63) is 28.7 Å². The molecule has 12 heavy (non-hydrogen) atoms. The predicted molar refractivity (Wildman–Crippen MR) is 44.6 cm³/mol. The lowest BCUT2D eigenvalue weighted by Crippen LogP contribution is -1.92. The van der Waals surface area contributed by atoms with Crippen LogP contribution in [0.5, 0.6) is 0 Å². The van der Waals surface area contributed by atoms with Crippen molar-refractivity contribution in [3.63, 3.8) is 0 Å². The average Bonchev–Trinajstić information content (AvgIpc) is 2.32. The Morgan fingerprint density at radius 3 is 2.92 bits per heavy atom. The summed E-state index contributed by atoms with van der Waals surface area (Å²) in [4.78, 5) is 3.51. The van der Waals surface area contributed by atoms with E-state index in [1.165, 1.54) is 0 Å². The van der Waals surface area contributed by atoms with Crippen LogP contribution < -0.4 is 0 Å². The van der Waals surface area contributed by atoms with Gasteiger partial charge in [-0.15, -0.1) is 4.73 Å². The third-order valence-electron chi connectivity index (χ3n) is 1.57. The molecule has 1 heterocycles. The standard InChI is InChI=1S/C7H4BrFN2O/c8-4-2-1-3-5-6(4)10-7(9)11(5)12/h1-3,12H. The molecule has 0 spiro atoms. The van der Waals surface area contributed by atoms with E-state index in [0.717, 1.165) is 0 Å². The Kier molecular flexibility index (Phi) is 1.54. The molecular formula is C7H4BrFN2O. The molecule has 1 N–H and O–H groups in total. The number of para-hydroxylation sites is 1. The van der Waals surface area contributed by atoms with Crippen LogP contribution in [0, 0.1) is 6.08 Å². The zero-order valence-corrected chi connectivity index (χ0v) is 7.42. The van der Waals surface area contributed by atoms with E-state index in [-0.39, 0.29) is 0 Å². The van der Waals surface area contributed by atoms with Crippen molar-refractivity contribution in [3.8, 4) is 0 Å². The third kappa shape index (κ3) is 0.896. The number of rotatable bonds is 0. The second-order valence-corrected chi connectivity index (χ2v) is 3.15. The molecule has 0 saturated heterocycles. The van der Waals surface area contributed by atoms with E-state index in [4.69, 9.17) is 5.21 Å². The lowest BCUT2D eigenvalue weighted by molar-refractivity contribution is 0.155. The normalized spacial score (nSPS) is 10.8. The van der Waals surface area contributed by atoms with Crippen LogP contribution in [0.4, 0.5) is 4.39 Å². The van der Waals surface area contributed by atoms with Crippen LogP contribution in [0.2, 0.25) is 0 Å². The summed E-state index contributed by atoms with van der Waals surface area (Å²) >= 11 is 3.19. The van der Waals surface area contributed by atoms with E-state index in [1.807, 2.05) is 0 Å². The number of hydrogen-bond donors (Lipinski definition) is 1. The van der Waals surface area contributed by atoms with E-state index in [2.05, 4.69) is 20.9 Å². The Morgan fingerprint density at radius 1 is 1.50 bits per heavy atom. The molecule has 1 aromatic carbocycles. The maximum absolute atomic E-state index is 12.7. The first kappa shape index (κ1) is 7.54. The number of halogens is 2. The molecule has 2 aromatic rings. The molecule has 0 aliphatic heterocycles. The highest BCUT2D eigenvalue weighted by molar-refractivity contribution is 9.10. The summed E-state index contributed by atoms with van der Waals surface area (Å²) in [6, 6.07) is 5.01. The summed E-state index contributed by atoms with van der Waals surface area (Å²) in [6.45, 7) is 0. The van der Waals surface area contributed by atoms with Crippen LogP contribution in [0.3, 0.4) is 0 Å². The maximum atomic E-state index is 12.7. The fraction of sp³-hybridized carbons (Fsp3) is 0. The molecule has 0 amide bonds. The highest BCUT2D eigenvalue weighted by Gasteiger charge is 2.10.